The molecule has 0 saturated heterocycles. The molecule has 0 radical (unpaired) electrons. The van der Waals surface area contributed by atoms with Gasteiger partial charge in [-0.2, -0.15) is 13.2 Å². The average molecular weight is 338 g/mol. The molecule has 0 unspecified atom stereocenters. The van der Waals surface area contributed by atoms with Gasteiger partial charge in [0.05, 0.1) is 5.56 Å². The van der Waals surface area contributed by atoms with Crippen molar-refractivity contribution in [1.82, 2.24) is 5.32 Å². The van der Waals surface area contributed by atoms with Gasteiger partial charge in [-0.25, -0.2) is 0 Å². The monoisotopic (exact) mass is 338 g/mol. The van der Waals surface area contributed by atoms with Crippen LogP contribution in [0.1, 0.15) is 27.0 Å². The first-order valence-electron chi connectivity index (χ1n) is 7.19. The Hall–Kier alpha value is -2.54. The largest absolute Gasteiger partial charge is 0.489 e. The van der Waals surface area contributed by atoms with E-state index in [9.17, 15) is 18.0 Å². The summed E-state index contributed by atoms with van der Waals surface area (Å²) in [5.41, 5.74) is 6.35. The van der Waals surface area contributed by atoms with E-state index in [1.54, 1.807) is 24.3 Å². The second-order valence-electron chi connectivity index (χ2n) is 5.09. The van der Waals surface area contributed by atoms with Gasteiger partial charge in [0.25, 0.3) is 5.91 Å². The molecule has 4 nitrogen and oxygen atoms in total. The van der Waals surface area contributed by atoms with Gasteiger partial charge in [0, 0.05) is 24.7 Å². The van der Waals surface area contributed by atoms with Gasteiger partial charge < -0.3 is 15.8 Å². The average Bonchev–Trinajstić information content (AvgIpc) is 2.58. The summed E-state index contributed by atoms with van der Waals surface area (Å²) in [5.74, 6) is 0.177. The lowest BCUT2D eigenvalue weighted by Crippen LogP contribution is -2.18. The molecule has 1 amide bonds. The Morgan fingerprint density at radius 2 is 1.96 bits per heavy atom. The molecule has 2 rings (SSSR count). The Morgan fingerprint density at radius 1 is 1.21 bits per heavy atom. The number of amides is 1. The van der Waals surface area contributed by atoms with Gasteiger partial charge in [-0.3, -0.25) is 4.79 Å². The normalized spacial score (nSPS) is 11.2. The van der Waals surface area contributed by atoms with Gasteiger partial charge in [-0.05, 0) is 35.9 Å². The Morgan fingerprint density at radius 3 is 2.58 bits per heavy atom. The van der Waals surface area contributed by atoms with E-state index in [2.05, 4.69) is 5.32 Å². The first-order chi connectivity index (χ1) is 11.3. The summed E-state index contributed by atoms with van der Waals surface area (Å²) in [6.07, 6.45) is -4.40. The molecule has 0 aliphatic heterocycles. The number of carbonyl (C=O) groups is 1. The highest BCUT2D eigenvalue weighted by Crippen LogP contribution is 2.30. The summed E-state index contributed by atoms with van der Waals surface area (Å²) in [7, 11) is 1.52. The van der Waals surface area contributed by atoms with E-state index in [1.807, 2.05) is 0 Å². The number of hydrogen-bond donors (Lipinski definition) is 2. The van der Waals surface area contributed by atoms with Crippen LogP contribution in [-0.2, 0) is 19.3 Å². The van der Waals surface area contributed by atoms with Crippen LogP contribution in [0.5, 0.6) is 5.75 Å². The maximum Gasteiger partial charge on any atom is 0.416 e. The second kappa shape index (κ2) is 7.35. The van der Waals surface area contributed by atoms with E-state index in [0.717, 1.165) is 12.1 Å². The summed E-state index contributed by atoms with van der Waals surface area (Å²) in [6, 6.07) is 9.68. The van der Waals surface area contributed by atoms with Crippen molar-refractivity contribution in [3.63, 3.8) is 0 Å². The first kappa shape index (κ1) is 17.8. The smallest absolute Gasteiger partial charge is 0.416 e. The van der Waals surface area contributed by atoms with E-state index in [-0.39, 0.29) is 19.1 Å². The Balaban J connectivity index is 2.16. The van der Waals surface area contributed by atoms with E-state index < -0.39 is 11.7 Å². The quantitative estimate of drug-likeness (QED) is 0.880. The maximum atomic E-state index is 12.7. The Bertz CT molecular complexity index is 730. The molecule has 24 heavy (non-hydrogen) atoms. The molecule has 128 valence electrons. The van der Waals surface area contributed by atoms with Gasteiger partial charge in [0.2, 0.25) is 0 Å². The summed E-state index contributed by atoms with van der Waals surface area (Å²) >= 11 is 0. The highest BCUT2D eigenvalue weighted by Gasteiger charge is 2.30. The fourth-order valence-corrected chi connectivity index (χ4v) is 2.16. The van der Waals surface area contributed by atoms with Crippen molar-refractivity contribution in [3.05, 3.63) is 64.7 Å². The number of ether oxygens (including phenoxy) is 1. The van der Waals surface area contributed by atoms with Crippen LogP contribution in [0.4, 0.5) is 13.2 Å². The Kier molecular flexibility index (Phi) is 5.46. The number of rotatable bonds is 5. The van der Waals surface area contributed by atoms with Crippen molar-refractivity contribution >= 4 is 5.91 Å². The fraction of sp³-hybridized carbons (Fsp3) is 0.235. The van der Waals surface area contributed by atoms with Gasteiger partial charge in [0.1, 0.15) is 12.4 Å². The lowest BCUT2D eigenvalue weighted by molar-refractivity contribution is -0.137. The lowest BCUT2D eigenvalue weighted by Gasteiger charge is -2.13. The number of hydrogen-bond acceptors (Lipinski definition) is 3. The third kappa shape index (κ3) is 4.26. The van der Waals surface area contributed by atoms with Gasteiger partial charge >= 0.3 is 6.18 Å². The number of carbonyl (C=O) groups excluding carboxylic acids is 1. The molecule has 2 aromatic rings. The summed E-state index contributed by atoms with van der Waals surface area (Å²) in [4.78, 5) is 11.6. The van der Waals surface area contributed by atoms with Crippen molar-refractivity contribution < 1.29 is 22.7 Å². The summed E-state index contributed by atoms with van der Waals surface area (Å²) in [6.45, 7) is 0.110. The molecule has 0 spiro atoms. The number of benzene rings is 2. The zero-order chi connectivity index (χ0) is 17.7. The van der Waals surface area contributed by atoms with Crippen LogP contribution in [0.25, 0.3) is 0 Å². The number of halogens is 3. The van der Waals surface area contributed by atoms with Crippen LogP contribution in [0, 0.1) is 0 Å². The molecule has 3 N–H and O–H groups in total. The predicted molar refractivity (Wildman–Crippen MR) is 83.5 cm³/mol. The van der Waals surface area contributed by atoms with Gasteiger partial charge in [-0.1, -0.05) is 12.1 Å². The van der Waals surface area contributed by atoms with Crippen LogP contribution in [-0.4, -0.2) is 13.0 Å². The number of alkyl halides is 3. The van der Waals surface area contributed by atoms with Crippen LogP contribution in [0.15, 0.2) is 42.5 Å². The minimum absolute atomic E-state index is 0.0315. The van der Waals surface area contributed by atoms with E-state index in [1.165, 1.54) is 13.1 Å². The van der Waals surface area contributed by atoms with Gasteiger partial charge in [0.15, 0.2) is 0 Å². The number of nitrogens with one attached hydrogen (secondary N) is 1. The van der Waals surface area contributed by atoms with E-state index in [4.69, 9.17) is 10.5 Å². The summed E-state index contributed by atoms with van der Waals surface area (Å²) in [5, 5.41) is 2.50. The molecule has 0 fully saturated rings. The van der Waals surface area contributed by atoms with Crippen molar-refractivity contribution in [1.29, 1.82) is 0 Å². The van der Waals surface area contributed by atoms with Gasteiger partial charge in [-0.15, -0.1) is 0 Å². The molecular weight excluding hydrogens is 321 g/mol. The highest BCUT2D eigenvalue weighted by molar-refractivity contribution is 5.94. The van der Waals surface area contributed by atoms with E-state index >= 15 is 0 Å². The van der Waals surface area contributed by atoms with Crippen molar-refractivity contribution in [2.75, 3.05) is 7.05 Å². The maximum absolute atomic E-state index is 12.7. The molecule has 2 aromatic carbocycles. The second-order valence-corrected chi connectivity index (χ2v) is 5.09. The highest BCUT2D eigenvalue weighted by atomic mass is 19.4. The van der Waals surface area contributed by atoms with E-state index in [0.29, 0.717) is 22.4 Å². The fourth-order valence-electron chi connectivity index (χ4n) is 2.16. The SMILES string of the molecule is CNC(=O)c1ccc(OCc2cccc(C(F)(F)F)c2)c(CN)c1. The molecule has 0 bridgehead atoms. The topological polar surface area (TPSA) is 64.3 Å². The molecule has 0 heterocycles. The standard InChI is InChI=1S/C17H17F3N2O2/c1-22-16(23)12-5-6-15(13(8-12)9-21)24-10-11-3-2-4-14(7-11)17(18,19)20/h2-8H,9-10,21H2,1H3,(H,22,23). The first-order valence-corrected chi connectivity index (χ1v) is 7.19. The minimum Gasteiger partial charge on any atom is -0.489 e. The molecule has 0 aliphatic rings. The minimum atomic E-state index is -4.40. The van der Waals surface area contributed by atoms with Crippen molar-refractivity contribution in [2.24, 2.45) is 5.73 Å². The summed E-state index contributed by atoms with van der Waals surface area (Å²) < 4.78 is 43.7. The van der Waals surface area contributed by atoms with Crippen LogP contribution in [0.2, 0.25) is 0 Å². The molecule has 7 heteroatoms. The molecular formula is C17H17F3N2O2. The predicted octanol–water partition coefficient (Wildman–Crippen LogP) is 3.10. The zero-order valence-corrected chi connectivity index (χ0v) is 13.0. The lowest BCUT2D eigenvalue weighted by atomic mass is 10.1. The number of nitrogens with two attached hydrogens (primary N) is 1. The van der Waals surface area contributed by atoms with Crippen LogP contribution < -0.4 is 15.8 Å². The molecule has 0 aliphatic carbocycles. The molecule has 0 atom stereocenters. The van der Waals surface area contributed by atoms with Crippen LogP contribution in [0.3, 0.4) is 0 Å². The zero-order valence-electron chi connectivity index (χ0n) is 13.0. The third-order valence-electron chi connectivity index (χ3n) is 3.42. The molecule has 0 aromatic heterocycles. The third-order valence-corrected chi connectivity index (χ3v) is 3.42. The van der Waals surface area contributed by atoms with Crippen molar-refractivity contribution in [2.45, 2.75) is 19.3 Å². The van der Waals surface area contributed by atoms with Crippen molar-refractivity contribution in [3.8, 4) is 5.75 Å². The van der Waals surface area contributed by atoms with Crippen LogP contribution >= 0.6 is 0 Å². The molecule has 0 saturated carbocycles. The Labute approximate surface area is 137 Å².